The Morgan fingerprint density at radius 3 is 1.92 bits per heavy atom. The molecular weight excluding hydrogens is 587 g/mol. The minimum absolute atomic E-state index is 0.685. The summed E-state index contributed by atoms with van der Waals surface area (Å²) in [6, 6.07) is 57.0. The van der Waals surface area contributed by atoms with Crippen LogP contribution in [0.25, 0.3) is 94.1 Å². The van der Waals surface area contributed by atoms with Gasteiger partial charge in [0.1, 0.15) is 11.2 Å². The molecule has 0 spiro atoms. The van der Waals surface area contributed by atoms with Gasteiger partial charge in [-0.2, -0.15) is 0 Å². The Morgan fingerprint density at radius 1 is 0.479 bits per heavy atom. The molecule has 0 radical (unpaired) electrons. The van der Waals surface area contributed by atoms with E-state index in [0.717, 1.165) is 72.1 Å². The lowest BCUT2D eigenvalue weighted by molar-refractivity contribution is 0.673. The van der Waals surface area contributed by atoms with Crippen LogP contribution in [0.1, 0.15) is 0 Å². The third-order valence-electron chi connectivity index (χ3n) is 9.38. The summed E-state index contributed by atoms with van der Waals surface area (Å²) in [5, 5.41) is 6.76. The monoisotopic (exact) mass is 613 g/mol. The Labute approximate surface area is 276 Å². The number of nitrogens with zero attached hydrogens (tertiary/aromatic N) is 3. The number of aromatic nitrogens is 3. The van der Waals surface area contributed by atoms with Crippen LogP contribution in [-0.4, -0.2) is 14.5 Å². The Hall–Kier alpha value is -6.52. The fourth-order valence-electron chi connectivity index (χ4n) is 7.24. The van der Waals surface area contributed by atoms with E-state index in [1.807, 2.05) is 30.3 Å². The highest BCUT2D eigenvalue weighted by atomic mass is 16.3. The van der Waals surface area contributed by atoms with Gasteiger partial charge >= 0.3 is 0 Å². The lowest BCUT2D eigenvalue weighted by Crippen LogP contribution is -1.99. The number of hydrogen-bond donors (Lipinski definition) is 0. The van der Waals surface area contributed by atoms with Gasteiger partial charge in [-0.15, -0.1) is 0 Å². The van der Waals surface area contributed by atoms with Crippen LogP contribution in [0.15, 0.2) is 168 Å². The molecule has 3 heterocycles. The molecule has 0 N–H and O–H groups in total. The second-order valence-electron chi connectivity index (χ2n) is 12.2. The van der Waals surface area contributed by atoms with Gasteiger partial charge in [0.05, 0.1) is 27.8 Å². The van der Waals surface area contributed by atoms with Crippen molar-refractivity contribution < 1.29 is 4.42 Å². The largest absolute Gasteiger partial charge is 0.455 e. The molecule has 3 aromatic heterocycles. The van der Waals surface area contributed by atoms with Gasteiger partial charge in [-0.25, -0.2) is 9.97 Å². The van der Waals surface area contributed by atoms with Crippen LogP contribution in [0, 0.1) is 0 Å². The van der Waals surface area contributed by atoms with Gasteiger partial charge < -0.3 is 8.98 Å². The van der Waals surface area contributed by atoms with Crippen LogP contribution >= 0.6 is 0 Å². The molecule has 4 heteroatoms. The lowest BCUT2D eigenvalue weighted by atomic mass is 9.98. The molecule has 7 aromatic carbocycles. The maximum absolute atomic E-state index is 6.80. The highest BCUT2D eigenvalue weighted by Gasteiger charge is 2.25. The first-order chi connectivity index (χ1) is 23.8. The number of para-hydroxylation sites is 2. The summed E-state index contributed by atoms with van der Waals surface area (Å²) < 4.78 is 9.18. The Kier molecular flexibility index (Phi) is 5.84. The van der Waals surface area contributed by atoms with Crippen molar-refractivity contribution in [2.24, 2.45) is 0 Å². The zero-order chi connectivity index (χ0) is 31.6. The molecule has 4 nitrogen and oxygen atoms in total. The first kappa shape index (κ1) is 26.7. The molecule has 0 saturated heterocycles. The summed E-state index contributed by atoms with van der Waals surface area (Å²) in [4.78, 5) is 10.4. The zero-order valence-electron chi connectivity index (χ0n) is 25.8. The average Bonchev–Trinajstić information content (AvgIpc) is 3.72. The van der Waals surface area contributed by atoms with Crippen molar-refractivity contribution >= 4 is 54.5 Å². The van der Waals surface area contributed by atoms with E-state index in [-0.39, 0.29) is 0 Å². The number of hydrogen-bond acceptors (Lipinski definition) is 3. The minimum Gasteiger partial charge on any atom is -0.455 e. The minimum atomic E-state index is 0.685. The molecule has 0 aliphatic carbocycles. The standard InChI is InChI=1S/C44H27N3O/c1-4-15-29(16-5-1)36-27-37(46-44(45-36)30-17-6-2-7-18-30)35-26-34-33-22-12-13-23-39(33)48-43(34)41-40-32-21-11-10-14-28(32)24-25-38(40)47(42(35)41)31-19-8-3-9-20-31/h1-27H. The number of rotatable bonds is 4. The number of furan rings is 1. The van der Waals surface area contributed by atoms with Gasteiger partial charge in [-0.3, -0.25) is 0 Å². The van der Waals surface area contributed by atoms with E-state index in [0.29, 0.717) is 5.82 Å². The predicted molar refractivity (Wildman–Crippen MR) is 197 cm³/mol. The third kappa shape index (κ3) is 4.03. The molecule has 0 aliphatic heterocycles. The van der Waals surface area contributed by atoms with Gasteiger partial charge in [-0.05, 0) is 47.2 Å². The van der Waals surface area contributed by atoms with Crippen molar-refractivity contribution in [1.82, 2.24) is 14.5 Å². The molecule has 0 fully saturated rings. The fraction of sp³-hybridized carbons (Fsp3) is 0. The summed E-state index contributed by atoms with van der Waals surface area (Å²) in [6.45, 7) is 0. The molecule has 0 bridgehead atoms. The van der Waals surface area contributed by atoms with Crippen molar-refractivity contribution in [1.29, 1.82) is 0 Å². The Morgan fingerprint density at radius 2 is 1.12 bits per heavy atom. The number of benzene rings is 7. The summed E-state index contributed by atoms with van der Waals surface area (Å²) in [6.07, 6.45) is 0. The van der Waals surface area contributed by atoms with Crippen LogP contribution < -0.4 is 0 Å². The molecule has 48 heavy (non-hydrogen) atoms. The SMILES string of the molecule is c1ccc(-c2cc(-c3cc4c5ccccc5oc4c4c5c6ccccc6ccc5n(-c5ccccc5)c34)nc(-c3ccccc3)n2)cc1. The summed E-state index contributed by atoms with van der Waals surface area (Å²) >= 11 is 0. The van der Waals surface area contributed by atoms with Gasteiger partial charge in [-0.1, -0.05) is 127 Å². The maximum atomic E-state index is 6.80. The van der Waals surface area contributed by atoms with Gasteiger partial charge in [0, 0.05) is 38.5 Å². The van der Waals surface area contributed by atoms with E-state index in [1.165, 1.54) is 16.2 Å². The number of fused-ring (bicyclic) bond motifs is 9. The second-order valence-corrected chi connectivity index (χ2v) is 12.2. The highest BCUT2D eigenvalue weighted by Crippen LogP contribution is 2.47. The molecule has 224 valence electrons. The fourth-order valence-corrected chi connectivity index (χ4v) is 7.24. The lowest BCUT2D eigenvalue weighted by Gasteiger charge is -2.14. The molecule has 0 saturated carbocycles. The molecule has 10 rings (SSSR count). The van der Waals surface area contributed by atoms with E-state index in [4.69, 9.17) is 14.4 Å². The maximum Gasteiger partial charge on any atom is 0.160 e. The summed E-state index contributed by atoms with van der Waals surface area (Å²) in [5.41, 5.74) is 9.74. The normalized spacial score (nSPS) is 11.8. The van der Waals surface area contributed by atoms with E-state index >= 15 is 0 Å². The predicted octanol–water partition coefficient (Wildman–Crippen LogP) is 11.6. The molecule has 0 aliphatic rings. The second kappa shape index (κ2) is 10.5. The smallest absolute Gasteiger partial charge is 0.160 e. The molecular formula is C44H27N3O. The molecule has 0 atom stereocenters. The Balaban J connectivity index is 1.44. The van der Waals surface area contributed by atoms with Gasteiger partial charge in [0.25, 0.3) is 0 Å². The van der Waals surface area contributed by atoms with Crippen molar-refractivity contribution in [3.8, 4) is 39.6 Å². The van der Waals surface area contributed by atoms with E-state index in [9.17, 15) is 0 Å². The zero-order valence-corrected chi connectivity index (χ0v) is 25.8. The van der Waals surface area contributed by atoms with Crippen LogP contribution in [0.2, 0.25) is 0 Å². The summed E-state index contributed by atoms with van der Waals surface area (Å²) in [7, 11) is 0. The molecule has 0 amide bonds. The van der Waals surface area contributed by atoms with E-state index in [2.05, 4.69) is 138 Å². The van der Waals surface area contributed by atoms with Crippen LogP contribution in [0.3, 0.4) is 0 Å². The van der Waals surface area contributed by atoms with Crippen molar-refractivity contribution in [2.75, 3.05) is 0 Å². The van der Waals surface area contributed by atoms with Crippen molar-refractivity contribution in [2.45, 2.75) is 0 Å². The summed E-state index contributed by atoms with van der Waals surface area (Å²) in [5.74, 6) is 0.685. The van der Waals surface area contributed by atoms with Crippen molar-refractivity contribution in [3.63, 3.8) is 0 Å². The van der Waals surface area contributed by atoms with Gasteiger partial charge in [0.15, 0.2) is 5.82 Å². The van der Waals surface area contributed by atoms with Crippen molar-refractivity contribution in [3.05, 3.63) is 164 Å². The Bertz CT molecular complexity index is 2760. The van der Waals surface area contributed by atoms with Crippen LogP contribution in [-0.2, 0) is 0 Å². The van der Waals surface area contributed by atoms with Crippen LogP contribution in [0.4, 0.5) is 0 Å². The van der Waals surface area contributed by atoms with E-state index < -0.39 is 0 Å². The highest BCUT2D eigenvalue weighted by molar-refractivity contribution is 6.32. The van der Waals surface area contributed by atoms with Gasteiger partial charge in [0.2, 0.25) is 0 Å². The third-order valence-corrected chi connectivity index (χ3v) is 9.38. The average molecular weight is 614 g/mol. The quantitative estimate of drug-likeness (QED) is 0.198. The topological polar surface area (TPSA) is 43.9 Å². The van der Waals surface area contributed by atoms with Crippen LogP contribution in [0.5, 0.6) is 0 Å². The first-order valence-electron chi connectivity index (χ1n) is 16.2. The van der Waals surface area contributed by atoms with E-state index in [1.54, 1.807) is 0 Å². The molecule has 0 unspecified atom stereocenters. The first-order valence-corrected chi connectivity index (χ1v) is 16.2. The molecule has 10 aromatic rings.